The van der Waals surface area contributed by atoms with Crippen molar-refractivity contribution in [3.05, 3.63) is 29.3 Å². The van der Waals surface area contributed by atoms with Gasteiger partial charge in [-0.25, -0.2) is 0 Å². The summed E-state index contributed by atoms with van der Waals surface area (Å²) in [6, 6.07) is 6.14. The standard InChI is InChI=1S/C17H28O5Si/c1-6-20-23(21-7-2,22-8-3)13-12-16-15(14(4)18)10-9-11-17(16)19-5/h9-11H,6-8,12-13H2,1-5H3. The van der Waals surface area contributed by atoms with Crippen LogP contribution in [-0.4, -0.2) is 41.5 Å². The minimum Gasteiger partial charge on any atom is -0.496 e. The van der Waals surface area contributed by atoms with Gasteiger partial charge in [-0.2, -0.15) is 0 Å². The Bertz CT molecular complexity index is 487. The molecule has 0 bridgehead atoms. The van der Waals surface area contributed by atoms with E-state index in [1.807, 2.05) is 39.0 Å². The molecule has 0 fully saturated rings. The van der Waals surface area contributed by atoms with Gasteiger partial charge in [-0.1, -0.05) is 12.1 Å². The molecule has 0 saturated heterocycles. The monoisotopic (exact) mass is 340 g/mol. The van der Waals surface area contributed by atoms with Crippen LogP contribution in [0.15, 0.2) is 18.2 Å². The smallest absolute Gasteiger partial charge is 0.496 e. The van der Waals surface area contributed by atoms with Gasteiger partial charge < -0.3 is 18.0 Å². The van der Waals surface area contributed by atoms with Crippen LogP contribution in [0.2, 0.25) is 6.04 Å². The number of hydrogen-bond donors (Lipinski definition) is 0. The summed E-state index contributed by atoms with van der Waals surface area (Å²) < 4.78 is 23.0. The molecule has 0 saturated carbocycles. The topological polar surface area (TPSA) is 54.0 Å². The zero-order valence-corrected chi connectivity index (χ0v) is 15.8. The molecule has 0 aliphatic carbocycles. The molecule has 6 heteroatoms. The molecule has 1 aromatic carbocycles. The molecular formula is C17H28O5Si. The number of ether oxygens (including phenoxy) is 1. The molecule has 1 rings (SSSR count). The highest BCUT2D eigenvalue weighted by Gasteiger charge is 2.40. The van der Waals surface area contributed by atoms with E-state index in [-0.39, 0.29) is 5.78 Å². The number of rotatable bonds is 11. The maximum Gasteiger partial charge on any atom is 0.501 e. The van der Waals surface area contributed by atoms with Crippen LogP contribution in [0.4, 0.5) is 0 Å². The van der Waals surface area contributed by atoms with Gasteiger partial charge in [0.25, 0.3) is 0 Å². The number of Topliss-reactive ketones (excluding diaryl/α,β-unsaturated/α-hetero) is 1. The lowest BCUT2D eigenvalue weighted by molar-refractivity contribution is 0.0713. The lowest BCUT2D eigenvalue weighted by Gasteiger charge is -2.28. The largest absolute Gasteiger partial charge is 0.501 e. The van der Waals surface area contributed by atoms with E-state index < -0.39 is 8.80 Å². The Hall–Kier alpha value is -1.21. The van der Waals surface area contributed by atoms with Gasteiger partial charge in [0.15, 0.2) is 5.78 Å². The van der Waals surface area contributed by atoms with E-state index in [1.54, 1.807) is 14.0 Å². The van der Waals surface area contributed by atoms with E-state index in [2.05, 4.69) is 0 Å². The zero-order chi connectivity index (χ0) is 17.3. The fourth-order valence-electron chi connectivity index (χ4n) is 2.62. The van der Waals surface area contributed by atoms with E-state index >= 15 is 0 Å². The fourth-order valence-corrected chi connectivity index (χ4v) is 5.18. The lowest BCUT2D eigenvalue weighted by Crippen LogP contribution is -2.46. The Morgan fingerprint density at radius 2 is 1.61 bits per heavy atom. The van der Waals surface area contributed by atoms with E-state index in [4.69, 9.17) is 18.0 Å². The van der Waals surface area contributed by atoms with E-state index in [1.165, 1.54) is 0 Å². The zero-order valence-electron chi connectivity index (χ0n) is 14.8. The van der Waals surface area contributed by atoms with Crippen LogP contribution in [0.3, 0.4) is 0 Å². The molecule has 0 atom stereocenters. The Kier molecular flexibility index (Phi) is 8.47. The average molecular weight is 340 g/mol. The number of benzene rings is 1. The van der Waals surface area contributed by atoms with Crippen LogP contribution in [-0.2, 0) is 19.7 Å². The van der Waals surface area contributed by atoms with E-state index in [0.29, 0.717) is 43.6 Å². The fraction of sp³-hybridized carbons (Fsp3) is 0.588. The quantitative estimate of drug-likeness (QED) is 0.456. The highest BCUT2D eigenvalue weighted by molar-refractivity contribution is 6.60. The minimum atomic E-state index is -2.74. The lowest BCUT2D eigenvalue weighted by atomic mass is 10.0. The number of ketones is 1. The number of carbonyl (C=O) groups is 1. The van der Waals surface area contributed by atoms with Gasteiger partial charge in [0, 0.05) is 37.0 Å². The number of hydrogen-bond acceptors (Lipinski definition) is 5. The van der Waals surface area contributed by atoms with Gasteiger partial charge in [0.1, 0.15) is 5.75 Å². The molecule has 0 aliphatic heterocycles. The van der Waals surface area contributed by atoms with Crippen LogP contribution >= 0.6 is 0 Å². The summed E-state index contributed by atoms with van der Waals surface area (Å²) in [7, 11) is -1.13. The predicted octanol–water partition coefficient (Wildman–Crippen LogP) is 3.49. The van der Waals surface area contributed by atoms with Crippen molar-refractivity contribution in [1.29, 1.82) is 0 Å². The van der Waals surface area contributed by atoms with E-state index in [9.17, 15) is 4.79 Å². The average Bonchev–Trinajstić information content (AvgIpc) is 2.53. The molecule has 0 heterocycles. The third kappa shape index (κ3) is 5.42. The molecular weight excluding hydrogens is 312 g/mol. The third-order valence-electron chi connectivity index (χ3n) is 3.51. The molecule has 0 radical (unpaired) electrons. The summed E-state index contributed by atoms with van der Waals surface area (Å²) in [5, 5.41) is 0. The van der Waals surface area contributed by atoms with Crippen LogP contribution in [0.1, 0.15) is 43.6 Å². The second kappa shape index (κ2) is 9.82. The van der Waals surface area contributed by atoms with Crippen molar-refractivity contribution < 1.29 is 22.8 Å². The molecule has 0 spiro atoms. The van der Waals surface area contributed by atoms with Crippen molar-refractivity contribution in [1.82, 2.24) is 0 Å². The van der Waals surface area contributed by atoms with Gasteiger partial charge in [-0.3, -0.25) is 4.79 Å². The minimum absolute atomic E-state index is 0.0235. The van der Waals surface area contributed by atoms with Gasteiger partial charge in [0.05, 0.1) is 7.11 Å². The van der Waals surface area contributed by atoms with Crippen molar-refractivity contribution >= 4 is 14.6 Å². The number of methoxy groups -OCH3 is 1. The van der Waals surface area contributed by atoms with Gasteiger partial charge >= 0.3 is 8.80 Å². The summed E-state index contributed by atoms with van der Waals surface area (Å²) in [5.41, 5.74) is 1.57. The van der Waals surface area contributed by atoms with Crippen LogP contribution in [0, 0.1) is 0 Å². The van der Waals surface area contributed by atoms with Crippen molar-refractivity contribution in [2.45, 2.75) is 40.2 Å². The Morgan fingerprint density at radius 1 is 1.04 bits per heavy atom. The highest BCUT2D eigenvalue weighted by atomic mass is 28.4. The second-order valence-corrected chi connectivity index (χ2v) is 7.76. The first-order valence-corrected chi connectivity index (χ1v) is 10.0. The molecule has 0 N–H and O–H groups in total. The van der Waals surface area contributed by atoms with Crippen LogP contribution in [0.25, 0.3) is 0 Å². The SMILES string of the molecule is CCO[Si](CCc1c(OC)cccc1C(C)=O)(OCC)OCC. The maximum absolute atomic E-state index is 11.9. The highest BCUT2D eigenvalue weighted by Crippen LogP contribution is 2.28. The summed E-state index contributed by atoms with van der Waals surface area (Å²) in [4.78, 5) is 11.9. The molecule has 5 nitrogen and oxygen atoms in total. The van der Waals surface area contributed by atoms with Gasteiger partial charge in [-0.05, 0) is 40.2 Å². The summed E-state index contributed by atoms with van der Waals surface area (Å²) in [6.07, 6.45) is 0.616. The first-order chi connectivity index (χ1) is 11.0. The summed E-state index contributed by atoms with van der Waals surface area (Å²) >= 11 is 0. The van der Waals surface area contributed by atoms with Crippen molar-refractivity contribution in [3.8, 4) is 5.75 Å². The van der Waals surface area contributed by atoms with E-state index in [0.717, 1.165) is 5.56 Å². The Morgan fingerprint density at radius 3 is 2.04 bits per heavy atom. The third-order valence-corrected chi connectivity index (χ3v) is 6.55. The first kappa shape index (κ1) is 19.8. The molecule has 0 aliphatic rings. The molecule has 1 aromatic rings. The van der Waals surface area contributed by atoms with Crippen molar-refractivity contribution in [2.75, 3.05) is 26.9 Å². The molecule has 23 heavy (non-hydrogen) atoms. The molecule has 130 valence electrons. The maximum atomic E-state index is 11.9. The Balaban J connectivity index is 3.06. The van der Waals surface area contributed by atoms with Gasteiger partial charge in [-0.15, -0.1) is 0 Å². The summed E-state index contributed by atoms with van der Waals surface area (Å²) in [5.74, 6) is 0.737. The first-order valence-electron chi connectivity index (χ1n) is 8.12. The molecule has 0 unspecified atom stereocenters. The van der Waals surface area contributed by atoms with Crippen molar-refractivity contribution in [3.63, 3.8) is 0 Å². The normalized spacial score (nSPS) is 11.5. The number of carbonyl (C=O) groups excluding carboxylic acids is 1. The Labute approximate surface area is 140 Å². The predicted molar refractivity (Wildman–Crippen MR) is 92.1 cm³/mol. The van der Waals surface area contributed by atoms with Crippen LogP contribution < -0.4 is 4.74 Å². The van der Waals surface area contributed by atoms with Crippen LogP contribution in [0.5, 0.6) is 5.75 Å². The molecule has 0 aromatic heterocycles. The molecule has 0 amide bonds. The summed E-state index contributed by atoms with van der Waals surface area (Å²) in [6.45, 7) is 8.99. The second-order valence-electron chi connectivity index (χ2n) is 5.02. The van der Waals surface area contributed by atoms with Gasteiger partial charge in [0.2, 0.25) is 0 Å². The van der Waals surface area contributed by atoms with Crippen molar-refractivity contribution in [2.24, 2.45) is 0 Å².